The van der Waals surface area contributed by atoms with Crippen molar-refractivity contribution in [3.05, 3.63) is 58.6 Å². The standard InChI is InChI=1S/C16H13ClF4N6O/c17-11-12(14(18)19)24-27(13(11)15(20)21)7-10(28)23-16-22-8-26(25-16)6-9-4-2-1-3-5-9/h1-5,8,14-15H,6-7H2,(H,23,25,28). The molecule has 1 N–H and O–H groups in total. The average Bonchev–Trinajstić information content (AvgIpc) is 3.19. The van der Waals surface area contributed by atoms with Crippen molar-refractivity contribution >= 4 is 23.5 Å². The Morgan fingerprint density at radius 1 is 1.11 bits per heavy atom. The highest BCUT2D eigenvalue weighted by molar-refractivity contribution is 6.32. The summed E-state index contributed by atoms with van der Waals surface area (Å²) in [7, 11) is 0. The normalized spacial score (nSPS) is 11.4. The van der Waals surface area contributed by atoms with Crippen molar-refractivity contribution < 1.29 is 22.4 Å². The molecule has 0 aliphatic heterocycles. The number of hydrogen-bond acceptors (Lipinski definition) is 4. The van der Waals surface area contributed by atoms with Gasteiger partial charge in [0, 0.05) is 0 Å². The molecular weight excluding hydrogens is 404 g/mol. The number of anilines is 1. The Balaban J connectivity index is 1.69. The maximum Gasteiger partial charge on any atom is 0.283 e. The minimum absolute atomic E-state index is 0.0631. The molecule has 2 aromatic heterocycles. The van der Waals surface area contributed by atoms with Crippen LogP contribution in [-0.2, 0) is 17.9 Å². The fourth-order valence-corrected chi connectivity index (χ4v) is 2.74. The van der Waals surface area contributed by atoms with E-state index in [2.05, 4.69) is 20.5 Å². The molecule has 12 heteroatoms. The van der Waals surface area contributed by atoms with Crippen molar-refractivity contribution in [1.29, 1.82) is 0 Å². The first-order valence-electron chi connectivity index (χ1n) is 7.90. The number of rotatable bonds is 7. The monoisotopic (exact) mass is 416 g/mol. The average molecular weight is 417 g/mol. The van der Waals surface area contributed by atoms with Gasteiger partial charge in [0.1, 0.15) is 24.3 Å². The molecule has 0 bridgehead atoms. The molecule has 1 aromatic carbocycles. The van der Waals surface area contributed by atoms with E-state index in [1.165, 1.54) is 11.0 Å². The van der Waals surface area contributed by atoms with Gasteiger partial charge in [-0.25, -0.2) is 27.2 Å². The zero-order valence-electron chi connectivity index (χ0n) is 14.1. The van der Waals surface area contributed by atoms with Crippen LogP contribution in [0.25, 0.3) is 0 Å². The smallest absolute Gasteiger partial charge is 0.283 e. The highest BCUT2D eigenvalue weighted by atomic mass is 35.5. The van der Waals surface area contributed by atoms with Gasteiger partial charge in [-0.15, -0.1) is 5.10 Å². The van der Waals surface area contributed by atoms with Crippen LogP contribution in [0.4, 0.5) is 23.5 Å². The van der Waals surface area contributed by atoms with Crippen LogP contribution in [0.2, 0.25) is 5.02 Å². The topological polar surface area (TPSA) is 77.6 Å². The zero-order chi connectivity index (χ0) is 20.3. The SMILES string of the molecule is O=C(Cn1nc(C(F)F)c(Cl)c1C(F)F)Nc1ncn(Cc2ccccc2)n1. The first kappa shape index (κ1) is 19.8. The Bertz CT molecular complexity index is 959. The molecule has 0 aliphatic carbocycles. The molecule has 0 radical (unpaired) electrons. The van der Waals surface area contributed by atoms with Crippen LogP contribution in [-0.4, -0.2) is 30.5 Å². The van der Waals surface area contributed by atoms with E-state index in [1.807, 2.05) is 30.3 Å². The first-order valence-corrected chi connectivity index (χ1v) is 8.28. The van der Waals surface area contributed by atoms with Crippen molar-refractivity contribution in [1.82, 2.24) is 24.5 Å². The summed E-state index contributed by atoms with van der Waals surface area (Å²) < 4.78 is 53.8. The molecule has 1 amide bonds. The van der Waals surface area contributed by atoms with E-state index in [0.29, 0.717) is 11.2 Å². The van der Waals surface area contributed by atoms with E-state index in [1.54, 1.807) is 0 Å². The molecule has 28 heavy (non-hydrogen) atoms. The van der Waals surface area contributed by atoms with Gasteiger partial charge in [0.15, 0.2) is 0 Å². The molecule has 7 nitrogen and oxygen atoms in total. The molecule has 0 fully saturated rings. The summed E-state index contributed by atoms with van der Waals surface area (Å²) in [6.45, 7) is -0.342. The molecule has 0 atom stereocenters. The number of aromatic nitrogens is 5. The van der Waals surface area contributed by atoms with Crippen LogP contribution < -0.4 is 5.32 Å². The number of amides is 1. The summed E-state index contributed by atoms with van der Waals surface area (Å²) in [6.07, 6.45) is -4.94. The van der Waals surface area contributed by atoms with Gasteiger partial charge in [-0.2, -0.15) is 5.10 Å². The van der Waals surface area contributed by atoms with Gasteiger partial charge in [0.05, 0.1) is 11.6 Å². The Kier molecular flexibility index (Phi) is 5.93. The third kappa shape index (κ3) is 4.47. The number of alkyl halides is 4. The van der Waals surface area contributed by atoms with Gasteiger partial charge in [-0.3, -0.25) is 14.8 Å². The zero-order valence-corrected chi connectivity index (χ0v) is 14.8. The van der Waals surface area contributed by atoms with E-state index < -0.39 is 41.7 Å². The number of carbonyl (C=O) groups is 1. The lowest BCUT2D eigenvalue weighted by Crippen LogP contribution is -2.22. The highest BCUT2D eigenvalue weighted by Gasteiger charge is 2.28. The van der Waals surface area contributed by atoms with Crippen LogP contribution in [0.1, 0.15) is 29.8 Å². The molecule has 0 saturated heterocycles. The lowest BCUT2D eigenvalue weighted by molar-refractivity contribution is -0.117. The van der Waals surface area contributed by atoms with Crippen LogP contribution in [0.15, 0.2) is 36.7 Å². The van der Waals surface area contributed by atoms with Crippen LogP contribution >= 0.6 is 11.6 Å². The minimum Gasteiger partial charge on any atom is -0.292 e. The number of carbonyl (C=O) groups excluding carboxylic acids is 1. The minimum atomic E-state index is -3.18. The van der Waals surface area contributed by atoms with Gasteiger partial charge in [0.2, 0.25) is 11.9 Å². The fraction of sp³-hybridized carbons (Fsp3) is 0.250. The van der Waals surface area contributed by atoms with E-state index >= 15 is 0 Å². The van der Waals surface area contributed by atoms with Crippen LogP contribution in [0.3, 0.4) is 0 Å². The van der Waals surface area contributed by atoms with E-state index in [0.717, 1.165) is 5.56 Å². The van der Waals surface area contributed by atoms with Crippen molar-refractivity contribution in [2.75, 3.05) is 5.32 Å². The molecule has 0 saturated carbocycles. The van der Waals surface area contributed by atoms with E-state index in [9.17, 15) is 22.4 Å². The third-order valence-corrected chi connectivity index (χ3v) is 4.03. The Morgan fingerprint density at radius 2 is 1.82 bits per heavy atom. The molecular formula is C16H13ClF4N6O. The second-order valence-electron chi connectivity index (χ2n) is 5.64. The predicted octanol–water partition coefficient (Wildman–Crippen LogP) is 3.69. The fourth-order valence-electron chi connectivity index (χ4n) is 2.44. The molecule has 3 rings (SSSR count). The quantitative estimate of drug-likeness (QED) is 0.596. The number of halogens is 5. The Labute approximate surface area is 160 Å². The largest absolute Gasteiger partial charge is 0.292 e. The maximum absolute atomic E-state index is 13.1. The third-order valence-electron chi connectivity index (χ3n) is 3.64. The second kappa shape index (κ2) is 8.38. The van der Waals surface area contributed by atoms with Gasteiger partial charge in [-0.1, -0.05) is 41.9 Å². The molecule has 148 valence electrons. The Hall–Kier alpha value is -2.95. The van der Waals surface area contributed by atoms with Crippen molar-refractivity contribution in [3.8, 4) is 0 Å². The molecule has 2 heterocycles. The summed E-state index contributed by atoms with van der Waals surface area (Å²) in [5.74, 6) is -0.883. The Morgan fingerprint density at radius 3 is 2.46 bits per heavy atom. The lowest BCUT2D eigenvalue weighted by atomic mass is 10.2. The molecule has 0 spiro atoms. The number of hydrogen-bond donors (Lipinski definition) is 1. The molecule has 0 unspecified atom stereocenters. The summed E-state index contributed by atoms with van der Waals surface area (Å²) in [4.78, 5) is 16.0. The van der Waals surface area contributed by atoms with Gasteiger partial charge in [0.25, 0.3) is 12.9 Å². The van der Waals surface area contributed by atoms with Gasteiger partial charge >= 0.3 is 0 Å². The van der Waals surface area contributed by atoms with E-state index in [4.69, 9.17) is 11.6 Å². The van der Waals surface area contributed by atoms with E-state index in [-0.39, 0.29) is 5.95 Å². The van der Waals surface area contributed by atoms with Crippen molar-refractivity contribution in [3.63, 3.8) is 0 Å². The number of benzene rings is 1. The lowest BCUT2D eigenvalue weighted by Gasteiger charge is -2.06. The molecule has 3 aromatic rings. The summed E-state index contributed by atoms with van der Waals surface area (Å²) >= 11 is 5.54. The number of nitrogens with zero attached hydrogens (tertiary/aromatic N) is 5. The first-order chi connectivity index (χ1) is 13.3. The van der Waals surface area contributed by atoms with Gasteiger partial charge in [-0.05, 0) is 5.56 Å². The second-order valence-corrected chi connectivity index (χ2v) is 6.02. The molecule has 0 aliphatic rings. The number of nitrogens with one attached hydrogen (secondary N) is 1. The van der Waals surface area contributed by atoms with Crippen molar-refractivity contribution in [2.45, 2.75) is 25.9 Å². The van der Waals surface area contributed by atoms with Crippen LogP contribution in [0, 0.1) is 0 Å². The summed E-state index contributed by atoms with van der Waals surface area (Å²) in [5.41, 5.74) is -0.998. The summed E-state index contributed by atoms with van der Waals surface area (Å²) in [6, 6.07) is 9.35. The maximum atomic E-state index is 13.1. The highest BCUT2D eigenvalue weighted by Crippen LogP contribution is 2.34. The predicted molar refractivity (Wildman–Crippen MR) is 91.3 cm³/mol. The van der Waals surface area contributed by atoms with Gasteiger partial charge < -0.3 is 0 Å². The summed E-state index contributed by atoms with van der Waals surface area (Å²) in [5, 5.41) is 8.81. The van der Waals surface area contributed by atoms with Crippen LogP contribution in [0.5, 0.6) is 0 Å². The van der Waals surface area contributed by atoms with Crippen molar-refractivity contribution in [2.24, 2.45) is 0 Å².